The minimum atomic E-state index is -4.19. The lowest BCUT2D eigenvalue weighted by Crippen LogP contribution is -2.34. The summed E-state index contributed by atoms with van der Waals surface area (Å²) < 4.78 is 35.2. The molecule has 1 saturated heterocycles. The highest BCUT2D eigenvalue weighted by Crippen LogP contribution is 2.18. The Balaban J connectivity index is 0.00000196. The Morgan fingerprint density at radius 3 is 2.60 bits per heavy atom. The summed E-state index contributed by atoms with van der Waals surface area (Å²) >= 11 is 0. The second-order valence-electron chi connectivity index (χ2n) is 3.35. The number of halogens is 4. The van der Waals surface area contributed by atoms with E-state index < -0.39 is 12.6 Å². The number of hydrogen-bond acceptors (Lipinski definition) is 2. The van der Waals surface area contributed by atoms with Crippen molar-refractivity contribution < 1.29 is 18.0 Å². The molecule has 3 nitrogen and oxygen atoms in total. The zero-order valence-corrected chi connectivity index (χ0v) is 8.88. The molecule has 1 atom stereocenters. The largest absolute Gasteiger partial charge is 0.390 e. The number of rotatable bonds is 3. The number of alkyl halides is 3. The van der Waals surface area contributed by atoms with Gasteiger partial charge in [-0.05, 0) is 13.0 Å². The first-order valence-electron chi connectivity index (χ1n) is 4.54. The van der Waals surface area contributed by atoms with Crippen LogP contribution in [0, 0.1) is 5.92 Å². The second-order valence-corrected chi connectivity index (χ2v) is 3.35. The predicted molar refractivity (Wildman–Crippen MR) is 51.9 cm³/mol. The van der Waals surface area contributed by atoms with Gasteiger partial charge in [0.15, 0.2) is 0 Å². The number of carbonyl (C=O) groups excluding carboxylic acids is 1. The van der Waals surface area contributed by atoms with Crippen molar-refractivity contribution in [3.05, 3.63) is 0 Å². The highest BCUT2D eigenvalue weighted by atomic mass is 35.5. The fourth-order valence-corrected chi connectivity index (χ4v) is 1.35. The van der Waals surface area contributed by atoms with E-state index in [1.54, 1.807) is 0 Å². The van der Waals surface area contributed by atoms with Gasteiger partial charge >= 0.3 is 6.18 Å². The zero-order chi connectivity index (χ0) is 10.6. The normalized spacial score (nSPS) is 20.9. The van der Waals surface area contributed by atoms with Crippen LogP contribution in [0.1, 0.15) is 12.8 Å². The number of amides is 1. The molecule has 15 heavy (non-hydrogen) atoms. The van der Waals surface area contributed by atoms with Gasteiger partial charge in [0, 0.05) is 13.1 Å². The predicted octanol–water partition coefficient (Wildman–Crippen LogP) is 1.09. The van der Waals surface area contributed by atoms with E-state index in [9.17, 15) is 18.0 Å². The molecule has 0 aromatic heterocycles. The summed E-state index contributed by atoms with van der Waals surface area (Å²) in [6.07, 6.45) is -4.45. The summed E-state index contributed by atoms with van der Waals surface area (Å²) in [5.74, 6) is -0.442. The summed E-state index contributed by atoms with van der Waals surface area (Å²) in [4.78, 5) is 11.2. The lowest BCUT2D eigenvalue weighted by Gasteiger charge is -2.10. The summed E-state index contributed by atoms with van der Waals surface area (Å²) in [6, 6.07) is 0. The maximum atomic E-state index is 11.7. The first kappa shape index (κ1) is 14.5. The standard InChI is InChI=1S/C8H13F3N2O.ClH/c9-8(10,11)2-4-13-7(14)6-1-3-12-5-6;/h6,12H,1-5H2,(H,13,14);1H/t6-;/m0./s1. The molecule has 0 unspecified atom stereocenters. The Hall–Kier alpha value is -0.490. The number of hydrogen-bond donors (Lipinski definition) is 2. The molecule has 1 aliphatic heterocycles. The van der Waals surface area contributed by atoms with Crippen LogP contribution < -0.4 is 10.6 Å². The van der Waals surface area contributed by atoms with E-state index >= 15 is 0 Å². The lowest BCUT2D eigenvalue weighted by molar-refractivity contribution is -0.136. The van der Waals surface area contributed by atoms with Gasteiger partial charge < -0.3 is 10.6 Å². The van der Waals surface area contributed by atoms with Crippen LogP contribution >= 0.6 is 12.4 Å². The van der Waals surface area contributed by atoms with Crippen molar-refractivity contribution in [3.63, 3.8) is 0 Å². The van der Waals surface area contributed by atoms with Crippen molar-refractivity contribution in [2.24, 2.45) is 5.92 Å². The van der Waals surface area contributed by atoms with E-state index in [0.29, 0.717) is 13.0 Å². The maximum Gasteiger partial charge on any atom is 0.390 e. The molecule has 1 rings (SSSR count). The van der Waals surface area contributed by atoms with Crippen LogP contribution in [0.15, 0.2) is 0 Å². The van der Waals surface area contributed by atoms with Crippen molar-refractivity contribution in [2.45, 2.75) is 19.0 Å². The average Bonchev–Trinajstić information content (AvgIpc) is 2.53. The fraction of sp³-hybridized carbons (Fsp3) is 0.875. The summed E-state index contributed by atoms with van der Waals surface area (Å²) in [5.41, 5.74) is 0. The second kappa shape index (κ2) is 6.17. The summed E-state index contributed by atoms with van der Waals surface area (Å²) in [7, 11) is 0. The van der Waals surface area contributed by atoms with E-state index in [-0.39, 0.29) is 30.8 Å². The summed E-state index contributed by atoms with van der Waals surface area (Å²) in [6.45, 7) is 1.01. The Morgan fingerprint density at radius 2 is 2.13 bits per heavy atom. The highest BCUT2D eigenvalue weighted by molar-refractivity contribution is 5.85. The van der Waals surface area contributed by atoms with Crippen molar-refractivity contribution >= 4 is 18.3 Å². The molecule has 1 fully saturated rings. The molecule has 0 spiro atoms. The van der Waals surface area contributed by atoms with Crippen molar-refractivity contribution in [1.82, 2.24) is 10.6 Å². The van der Waals surface area contributed by atoms with Gasteiger partial charge in [-0.25, -0.2) is 0 Å². The zero-order valence-electron chi connectivity index (χ0n) is 8.06. The van der Waals surface area contributed by atoms with Gasteiger partial charge in [0.25, 0.3) is 0 Å². The van der Waals surface area contributed by atoms with Crippen LogP contribution in [0.25, 0.3) is 0 Å². The molecule has 0 bridgehead atoms. The van der Waals surface area contributed by atoms with Crippen LogP contribution in [0.5, 0.6) is 0 Å². The SMILES string of the molecule is Cl.O=C(NCCC(F)(F)F)[C@H]1CCNC1. The van der Waals surface area contributed by atoms with Crippen LogP contribution in [0.3, 0.4) is 0 Å². The smallest absolute Gasteiger partial charge is 0.355 e. The molecule has 0 aliphatic carbocycles. The molecule has 0 aromatic rings. The van der Waals surface area contributed by atoms with Crippen molar-refractivity contribution in [1.29, 1.82) is 0 Å². The first-order valence-corrected chi connectivity index (χ1v) is 4.54. The molecule has 90 valence electrons. The van der Waals surface area contributed by atoms with Gasteiger partial charge in [-0.2, -0.15) is 13.2 Å². The van der Waals surface area contributed by atoms with Gasteiger partial charge in [-0.15, -0.1) is 12.4 Å². The quantitative estimate of drug-likeness (QED) is 0.783. The van der Waals surface area contributed by atoms with Gasteiger partial charge in [-0.1, -0.05) is 0 Å². The van der Waals surface area contributed by atoms with E-state index in [2.05, 4.69) is 10.6 Å². The van der Waals surface area contributed by atoms with Gasteiger partial charge in [0.1, 0.15) is 0 Å². The average molecular weight is 247 g/mol. The van der Waals surface area contributed by atoms with Gasteiger partial charge in [-0.3, -0.25) is 4.79 Å². The maximum absolute atomic E-state index is 11.7. The Labute approximate surface area is 92.2 Å². The molecular formula is C8H14ClF3N2O. The minimum absolute atomic E-state index is 0. The Bertz CT molecular complexity index is 205. The molecule has 0 aromatic carbocycles. The first-order chi connectivity index (χ1) is 6.49. The Kier molecular flexibility index (Phi) is 5.97. The van der Waals surface area contributed by atoms with Crippen LogP contribution in [0.4, 0.5) is 13.2 Å². The molecular weight excluding hydrogens is 233 g/mol. The monoisotopic (exact) mass is 246 g/mol. The van der Waals surface area contributed by atoms with Crippen LogP contribution in [0.2, 0.25) is 0 Å². The third-order valence-corrected chi connectivity index (χ3v) is 2.14. The molecule has 1 amide bonds. The minimum Gasteiger partial charge on any atom is -0.355 e. The topological polar surface area (TPSA) is 41.1 Å². The summed E-state index contributed by atoms with van der Waals surface area (Å²) in [5, 5.41) is 5.26. The molecule has 1 heterocycles. The third kappa shape index (κ3) is 5.84. The van der Waals surface area contributed by atoms with Crippen molar-refractivity contribution in [3.8, 4) is 0 Å². The van der Waals surface area contributed by atoms with E-state index in [4.69, 9.17) is 0 Å². The van der Waals surface area contributed by atoms with Gasteiger partial charge in [0.2, 0.25) is 5.91 Å². The highest BCUT2D eigenvalue weighted by Gasteiger charge is 2.28. The molecule has 2 N–H and O–H groups in total. The third-order valence-electron chi connectivity index (χ3n) is 2.14. The van der Waals surface area contributed by atoms with Crippen LogP contribution in [-0.4, -0.2) is 31.7 Å². The number of carbonyl (C=O) groups is 1. The Morgan fingerprint density at radius 1 is 1.47 bits per heavy atom. The van der Waals surface area contributed by atoms with Gasteiger partial charge in [0.05, 0.1) is 12.3 Å². The number of nitrogens with one attached hydrogen (secondary N) is 2. The fourth-order valence-electron chi connectivity index (χ4n) is 1.35. The van der Waals surface area contributed by atoms with E-state index in [0.717, 1.165) is 6.54 Å². The van der Waals surface area contributed by atoms with Crippen LogP contribution in [-0.2, 0) is 4.79 Å². The van der Waals surface area contributed by atoms with E-state index in [1.165, 1.54) is 0 Å². The van der Waals surface area contributed by atoms with Crippen molar-refractivity contribution in [2.75, 3.05) is 19.6 Å². The molecule has 0 radical (unpaired) electrons. The molecule has 1 aliphatic rings. The van der Waals surface area contributed by atoms with E-state index in [1.807, 2.05) is 0 Å². The molecule has 0 saturated carbocycles. The lowest BCUT2D eigenvalue weighted by atomic mass is 10.1. The molecule has 7 heteroatoms.